The van der Waals surface area contributed by atoms with Crippen molar-refractivity contribution in [1.29, 1.82) is 0 Å². The Morgan fingerprint density at radius 1 is 0.463 bits per heavy atom. The fourth-order valence-electron chi connectivity index (χ4n) is 5.71. The molecule has 0 aromatic heterocycles. The summed E-state index contributed by atoms with van der Waals surface area (Å²) in [5.41, 5.74) is 2.46. The highest BCUT2D eigenvalue weighted by Crippen LogP contribution is 2.39. The van der Waals surface area contributed by atoms with E-state index in [-0.39, 0.29) is 0 Å². The summed E-state index contributed by atoms with van der Waals surface area (Å²) in [6.07, 6.45) is 10.6. The van der Waals surface area contributed by atoms with Gasteiger partial charge in [-0.05, 0) is 107 Å². The molecule has 0 aliphatic carbocycles. The van der Waals surface area contributed by atoms with Crippen LogP contribution in [0.1, 0.15) is 56.1 Å². The average Bonchev–Trinajstić information content (AvgIpc) is 3.24. The zero-order chi connectivity index (χ0) is 29.5. The van der Waals surface area contributed by atoms with E-state index in [1.807, 2.05) is 0 Å². The van der Waals surface area contributed by atoms with Gasteiger partial charge >= 0.3 is 0 Å². The number of rotatable bonds is 18. The van der Waals surface area contributed by atoms with Crippen LogP contribution < -0.4 is 28.4 Å². The van der Waals surface area contributed by atoms with Crippen molar-refractivity contribution in [1.82, 2.24) is 9.80 Å². The van der Waals surface area contributed by atoms with E-state index in [2.05, 4.69) is 34.1 Å². The highest BCUT2D eigenvalue weighted by molar-refractivity contribution is 5.54. The molecule has 0 spiro atoms. The van der Waals surface area contributed by atoms with Crippen molar-refractivity contribution < 1.29 is 28.4 Å². The number of unbranched alkanes of at least 4 members (excludes halogenated alkanes) is 4. The number of methoxy groups -OCH3 is 6. The lowest BCUT2D eigenvalue weighted by atomic mass is 10.1. The van der Waals surface area contributed by atoms with Crippen molar-refractivity contribution >= 4 is 0 Å². The fraction of sp³-hybridized carbons (Fsp3) is 0.636. The molecule has 0 radical (unpaired) electrons. The van der Waals surface area contributed by atoms with E-state index in [0.717, 1.165) is 48.7 Å². The Morgan fingerprint density at radius 3 is 1.15 bits per heavy atom. The molecular formula is C33H52N2O6. The minimum Gasteiger partial charge on any atom is -0.493 e. The van der Waals surface area contributed by atoms with Gasteiger partial charge in [-0.3, -0.25) is 0 Å². The Kier molecular flexibility index (Phi) is 14.2. The minimum absolute atomic E-state index is 0.657. The number of hydrogen-bond acceptors (Lipinski definition) is 8. The highest BCUT2D eigenvalue weighted by Gasteiger charge is 2.16. The lowest BCUT2D eigenvalue weighted by Gasteiger charge is -2.21. The van der Waals surface area contributed by atoms with Gasteiger partial charge in [0.25, 0.3) is 0 Å². The number of benzene rings is 2. The molecule has 8 heteroatoms. The lowest BCUT2D eigenvalue weighted by Crippen LogP contribution is -2.32. The molecule has 1 saturated heterocycles. The second-order valence-corrected chi connectivity index (χ2v) is 10.7. The van der Waals surface area contributed by atoms with Crippen LogP contribution in [0.2, 0.25) is 0 Å². The number of nitrogens with zero attached hydrogens (tertiary/aromatic N) is 2. The third-order valence-electron chi connectivity index (χ3n) is 8.01. The summed E-state index contributed by atoms with van der Waals surface area (Å²) in [5.74, 6) is 4.24. The van der Waals surface area contributed by atoms with Crippen LogP contribution in [0.3, 0.4) is 0 Å². The SMILES string of the molecule is COc1cc(CCCCCN2CCCN(CCCCCc3cc(OC)c(OC)c(OC)c3)CC2)cc(OC)c1OC. The van der Waals surface area contributed by atoms with Crippen molar-refractivity contribution in [3.63, 3.8) is 0 Å². The molecule has 1 fully saturated rings. The molecule has 0 unspecified atom stereocenters. The third-order valence-corrected chi connectivity index (χ3v) is 8.01. The van der Waals surface area contributed by atoms with Gasteiger partial charge in [-0.25, -0.2) is 0 Å². The van der Waals surface area contributed by atoms with Crippen molar-refractivity contribution in [2.75, 3.05) is 81.9 Å². The van der Waals surface area contributed by atoms with Crippen molar-refractivity contribution in [2.45, 2.75) is 57.8 Å². The molecular weight excluding hydrogens is 520 g/mol. The van der Waals surface area contributed by atoms with E-state index in [1.165, 1.54) is 82.5 Å². The number of aryl methyl sites for hydroxylation is 2. The van der Waals surface area contributed by atoms with Gasteiger partial charge in [-0.15, -0.1) is 0 Å². The van der Waals surface area contributed by atoms with Crippen LogP contribution in [0.25, 0.3) is 0 Å². The van der Waals surface area contributed by atoms with Gasteiger partial charge in [0.15, 0.2) is 23.0 Å². The zero-order valence-electron chi connectivity index (χ0n) is 26.3. The molecule has 41 heavy (non-hydrogen) atoms. The van der Waals surface area contributed by atoms with E-state index >= 15 is 0 Å². The van der Waals surface area contributed by atoms with Crippen LogP contribution >= 0.6 is 0 Å². The molecule has 8 nitrogen and oxygen atoms in total. The van der Waals surface area contributed by atoms with Gasteiger partial charge in [0.2, 0.25) is 11.5 Å². The molecule has 0 bridgehead atoms. The normalized spacial score (nSPS) is 14.4. The third kappa shape index (κ3) is 9.89. The molecule has 2 aromatic rings. The summed E-state index contributed by atoms with van der Waals surface area (Å²) in [6, 6.07) is 8.27. The zero-order valence-corrected chi connectivity index (χ0v) is 26.3. The van der Waals surface area contributed by atoms with Gasteiger partial charge in [0, 0.05) is 13.1 Å². The van der Waals surface area contributed by atoms with Crippen molar-refractivity contribution in [3.8, 4) is 34.5 Å². The van der Waals surface area contributed by atoms with E-state index in [4.69, 9.17) is 28.4 Å². The molecule has 0 atom stereocenters. The Balaban J connectivity index is 1.30. The molecule has 230 valence electrons. The summed E-state index contributed by atoms with van der Waals surface area (Å²) in [6.45, 7) is 7.17. The first-order valence-corrected chi connectivity index (χ1v) is 15.1. The second kappa shape index (κ2) is 17.9. The quantitative estimate of drug-likeness (QED) is 0.206. The topological polar surface area (TPSA) is 61.9 Å². The summed E-state index contributed by atoms with van der Waals surface area (Å²) >= 11 is 0. The maximum Gasteiger partial charge on any atom is 0.203 e. The molecule has 0 saturated carbocycles. The Bertz CT molecular complexity index is 915. The Labute approximate surface area is 247 Å². The maximum absolute atomic E-state index is 5.50. The Morgan fingerprint density at radius 2 is 0.829 bits per heavy atom. The predicted molar refractivity (Wildman–Crippen MR) is 165 cm³/mol. The van der Waals surface area contributed by atoms with E-state index in [1.54, 1.807) is 42.7 Å². The van der Waals surface area contributed by atoms with Gasteiger partial charge in [0.1, 0.15) is 0 Å². The van der Waals surface area contributed by atoms with Gasteiger partial charge in [-0.2, -0.15) is 0 Å². The molecule has 1 aliphatic rings. The highest BCUT2D eigenvalue weighted by atomic mass is 16.5. The average molecular weight is 573 g/mol. The number of hydrogen-bond donors (Lipinski definition) is 0. The standard InChI is InChI=1S/C33H52N2O6/c1-36-28-22-26(23-29(37-2)32(28)40-5)14-9-7-11-16-34-18-13-19-35(21-20-34)17-12-8-10-15-27-24-30(38-3)33(41-6)31(25-27)39-4/h22-25H,7-21H2,1-6H3. The van der Waals surface area contributed by atoms with E-state index < -0.39 is 0 Å². The first kappa shape index (κ1) is 32.7. The maximum atomic E-state index is 5.50. The predicted octanol–water partition coefficient (Wildman–Crippen LogP) is 5.87. The van der Waals surface area contributed by atoms with Gasteiger partial charge in [0.05, 0.1) is 42.7 Å². The van der Waals surface area contributed by atoms with Crippen LogP contribution in [0.4, 0.5) is 0 Å². The molecule has 1 heterocycles. The summed E-state index contributed by atoms with van der Waals surface area (Å²) in [7, 11) is 9.96. The van der Waals surface area contributed by atoms with E-state index in [0.29, 0.717) is 11.5 Å². The summed E-state index contributed by atoms with van der Waals surface area (Å²) in [4.78, 5) is 5.31. The smallest absolute Gasteiger partial charge is 0.203 e. The first-order valence-electron chi connectivity index (χ1n) is 15.1. The van der Waals surface area contributed by atoms with Gasteiger partial charge in [-0.1, -0.05) is 12.8 Å². The lowest BCUT2D eigenvalue weighted by molar-refractivity contribution is 0.250. The molecule has 0 amide bonds. The molecule has 3 rings (SSSR count). The number of ether oxygens (including phenoxy) is 6. The van der Waals surface area contributed by atoms with Crippen molar-refractivity contribution in [2.24, 2.45) is 0 Å². The van der Waals surface area contributed by atoms with Crippen LogP contribution in [0.5, 0.6) is 34.5 Å². The van der Waals surface area contributed by atoms with E-state index in [9.17, 15) is 0 Å². The van der Waals surface area contributed by atoms with Crippen LogP contribution in [0, 0.1) is 0 Å². The summed E-state index contributed by atoms with van der Waals surface area (Å²) in [5, 5.41) is 0. The first-order chi connectivity index (χ1) is 20.1. The van der Waals surface area contributed by atoms with Gasteiger partial charge < -0.3 is 38.2 Å². The fourth-order valence-corrected chi connectivity index (χ4v) is 5.71. The Hall–Kier alpha value is -2.84. The largest absolute Gasteiger partial charge is 0.493 e. The summed E-state index contributed by atoms with van der Waals surface area (Å²) < 4.78 is 32.9. The van der Waals surface area contributed by atoms with Crippen LogP contribution in [0.15, 0.2) is 24.3 Å². The molecule has 2 aromatic carbocycles. The molecule has 1 aliphatic heterocycles. The second-order valence-electron chi connectivity index (χ2n) is 10.7. The minimum atomic E-state index is 0.657. The monoisotopic (exact) mass is 572 g/mol. The molecule has 0 N–H and O–H groups in total. The van der Waals surface area contributed by atoms with Crippen molar-refractivity contribution in [3.05, 3.63) is 35.4 Å². The van der Waals surface area contributed by atoms with Crippen LogP contribution in [-0.4, -0.2) is 91.7 Å². The van der Waals surface area contributed by atoms with Crippen LogP contribution in [-0.2, 0) is 12.8 Å².